The zero-order valence-electron chi connectivity index (χ0n) is 8.35. The summed E-state index contributed by atoms with van der Waals surface area (Å²) < 4.78 is 6.23. The van der Waals surface area contributed by atoms with E-state index in [0.29, 0.717) is 0 Å². The average molecular weight is 212 g/mol. The van der Waals surface area contributed by atoms with Crippen LogP contribution in [-0.2, 0) is 16.6 Å². The lowest BCUT2D eigenvalue weighted by molar-refractivity contribution is -0.134. The molecule has 76 valence electrons. The van der Waals surface area contributed by atoms with Gasteiger partial charge in [-0.3, -0.25) is 4.68 Å². The van der Waals surface area contributed by atoms with Gasteiger partial charge in [-0.1, -0.05) is 11.8 Å². The molecule has 0 aliphatic carbocycles. The fourth-order valence-electron chi connectivity index (χ4n) is 0.924. The monoisotopic (exact) mass is 212 g/mol. The Kier molecular flexibility index (Phi) is 3.76. The van der Waals surface area contributed by atoms with Crippen molar-refractivity contribution in [2.45, 2.75) is 11.9 Å². The number of aryl methyl sites for hydroxylation is 2. The topological polar surface area (TPSA) is 44.1 Å². The van der Waals surface area contributed by atoms with Crippen molar-refractivity contribution < 1.29 is 9.53 Å². The Bertz CT molecular complexity index is 358. The van der Waals surface area contributed by atoms with Gasteiger partial charge in [0.15, 0.2) is 0 Å². The van der Waals surface area contributed by atoms with Crippen LogP contribution in [0.15, 0.2) is 22.6 Å². The fourth-order valence-corrected chi connectivity index (χ4v) is 1.68. The molecule has 1 rings (SSSR count). The Hall–Kier alpha value is -1.23. The molecule has 14 heavy (non-hydrogen) atoms. The number of nitrogens with zero attached hydrogens (tertiary/aromatic N) is 2. The molecule has 0 aromatic carbocycles. The van der Waals surface area contributed by atoms with E-state index >= 15 is 0 Å². The van der Waals surface area contributed by atoms with Crippen LogP contribution in [0, 0.1) is 6.92 Å². The van der Waals surface area contributed by atoms with Gasteiger partial charge in [-0.2, -0.15) is 5.10 Å². The highest BCUT2D eigenvalue weighted by Crippen LogP contribution is 2.18. The predicted octanol–water partition coefficient (Wildman–Crippen LogP) is 1.51. The summed E-state index contributed by atoms with van der Waals surface area (Å²) in [5.41, 5.74) is 0.960. The largest absolute Gasteiger partial charge is 0.466 e. The number of hydrogen-bond donors (Lipinski definition) is 0. The number of ether oxygens (including phenoxy) is 1. The minimum absolute atomic E-state index is 0.351. The van der Waals surface area contributed by atoms with Crippen molar-refractivity contribution >= 4 is 17.7 Å². The second-order valence-electron chi connectivity index (χ2n) is 2.69. The molecule has 0 amide bonds. The van der Waals surface area contributed by atoms with Crippen LogP contribution < -0.4 is 0 Å². The number of thioether (sulfide) groups is 1. The van der Waals surface area contributed by atoms with Crippen LogP contribution >= 0.6 is 11.8 Å². The maximum absolute atomic E-state index is 10.7. The summed E-state index contributed by atoms with van der Waals surface area (Å²) in [6.45, 7) is 1.92. The van der Waals surface area contributed by atoms with Gasteiger partial charge in [0.05, 0.1) is 17.8 Å². The normalized spacial score (nSPS) is 10.8. The molecule has 0 bridgehead atoms. The summed E-state index contributed by atoms with van der Waals surface area (Å²) in [5.74, 6) is -0.351. The number of esters is 1. The number of carbonyl (C=O) groups excluding carboxylic acids is 1. The summed E-state index contributed by atoms with van der Waals surface area (Å²) in [6.07, 6.45) is 1.38. The molecule has 0 saturated carbocycles. The van der Waals surface area contributed by atoms with Crippen LogP contribution in [-0.4, -0.2) is 22.9 Å². The lowest BCUT2D eigenvalue weighted by atomic mass is 10.5. The number of aromatic nitrogens is 2. The third kappa shape index (κ3) is 2.92. The molecule has 0 N–H and O–H groups in total. The molecule has 1 aromatic rings. The van der Waals surface area contributed by atoms with Gasteiger partial charge in [-0.15, -0.1) is 0 Å². The van der Waals surface area contributed by atoms with Crippen LogP contribution in [0.3, 0.4) is 0 Å². The van der Waals surface area contributed by atoms with Gasteiger partial charge in [0.25, 0.3) is 0 Å². The highest BCUT2D eigenvalue weighted by molar-refractivity contribution is 8.02. The highest BCUT2D eigenvalue weighted by atomic mass is 32.2. The molecular weight excluding hydrogens is 200 g/mol. The number of hydrogen-bond acceptors (Lipinski definition) is 4. The molecule has 0 atom stereocenters. The first kappa shape index (κ1) is 10.8. The zero-order valence-corrected chi connectivity index (χ0v) is 9.17. The molecule has 5 heteroatoms. The molecule has 0 saturated heterocycles. The van der Waals surface area contributed by atoms with E-state index in [0.717, 1.165) is 10.7 Å². The summed E-state index contributed by atoms with van der Waals surface area (Å²) in [7, 11) is 3.22. The van der Waals surface area contributed by atoms with E-state index in [1.165, 1.54) is 24.9 Å². The van der Waals surface area contributed by atoms with E-state index < -0.39 is 0 Å². The first-order valence-electron chi connectivity index (χ1n) is 4.05. The third-order valence-corrected chi connectivity index (χ3v) is 2.45. The summed E-state index contributed by atoms with van der Waals surface area (Å²) in [5, 5.41) is 6.85. The lowest BCUT2D eigenvalue weighted by Gasteiger charge is -1.95. The molecule has 0 radical (unpaired) electrons. The number of rotatable bonds is 3. The minimum atomic E-state index is -0.351. The van der Waals surface area contributed by atoms with E-state index in [9.17, 15) is 4.79 Å². The first-order chi connectivity index (χ1) is 6.63. The van der Waals surface area contributed by atoms with Crippen molar-refractivity contribution in [1.82, 2.24) is 9.78 Å². The quantitative estimate of drug-likeness (QED) is 0.433. The van der Waals surface area contributed by atoms with Gasteiger partial charge in [-0.05, 0) is 18.4 Å². The van der Waals surface area contributed by atoms with Crippen molar-refractivity contribution in [3.8, 4) is 0 Å². The summed E-state index contributed by atoms with van der Waals surface area (Å²) >= 11 is 1.43. The SMILES string of the molecule is COC(=O)C=CSc1cc(C)nn1C. The smallest absolute Gasteiger partial charge is 0.330 e. The Morgan fingerprint density at radius 2 is 2.43 bits per heavy atom. The molecule has 0 aliphatic rings. The van der Waals surface area contributed by atoms with Crippen LogP contribution in [0.2, 0.25) is 0 Å². The second kappa shape index (κ2) is 4.85. The average Bonchev–Trinajstić information content (AvgIpc) is 2.45. The minimum Gasteiger partial charge on any atom is -0.466 e. The van der Waals surface area contributed by atoms with E-state index in [1.807, 2.05) is 20.0 Å². The van der Waals surface area contributed by atoms with Crippen LogP contribution in [0.1, 0.15) is 5.69 Å². The fraction of sp³-hybridized carbons (Fsp3) is 0.333. The number of methoxy groups -OCH3 is 1. The van der Waals surface area contributed by atoms with Crippen molar-refractivity contribution in [2.24, 2.45) is 7.05 Å². The molecule has 0 unspecified atom stereocenters. The molecule has 1 heterocycles. The Morgan fingerprint density at radius 3 is 2.93 bits per heavy atom. The van der Waals surface area contributed by atoms with Crippen molar-refractivity contribution in [3.63, 3.8) is 0 Å². The lowest BCUT2D eigenvalue weighted by Crippen LogP contribution is -1.93. The van der Waals surface area contributed by atoms with Crippen molar-refractivity contribution in [1.29, 1.82) is 0 Å². The Labute approximate surface area is 86.9 Å². The van der Waals surface area contributed by atoms with Gasteiger partial charge in [0.1, 0.15) is 0 Å². The first-order valence-corrected chi connectivity index (χ1v) is 4.93. The van der Waals surface area contributed by atoms with Gasteiger partial charge < -0.3 is 4.74 Å². The second-order valence-corrected chi connectivity index (χ2v) is 3.62. The van der Waals surface area contributed by atoms with Gasteiger partial charge in [0, 0.05) is 13.1 Å². The van der Waals surface area contributed by atoms with E-state index in [4.69, 9.17) is 0 Å². The van der Waals surface area contributed by atoms with Crippen LogP contribution in [0.25, 0.3) is 0 Å². The Balaban J connectivity index is 2.57. The zero-order chi connectivity index (χ0) is 10.6. The highest BCUT2D eigenvalue weighted by Gasteiger charge is 2.00. The molecule has 0 fully saturated rings. The van der Waals surface area contributed by atoms with Gasteiger partial charge in [-0.25, -0.2) is 4.79 Å². The van der Waals surface area contributed by atoms with Gasteiger partial charge in [0.2, 0.25) is 0 Å². The molecule has 0 aliphatic heterocycles. The maximum atomic E-state index is 10.7. The maximum Gasteiger partial charge on any atom is 0.330 e. The Morgan fingerprint density at radius 1 is 1.71 bits per heavy atom. The standard InChI is InChI=1S/C9H12N2O2S/c1-7-6-8(11(2)10-7)14-5-4-9(12)13-3/h4-6H,1-3H3. The molecular formula is C9H12N2O2S. The van der Waals surface area contributed by atoms with Crippen LogP contribution in [0.4, 0.5) is 0 Å². The van der Waals surface area contributed by atoms with Crippen molar-refractivity contribution in [2.75, 3.05) is 7.11 Å². The van der Waals surface area contributed by atoms with Gasteiger partial charge >= 0.3 is 5.97 Å². The van der Waals surface area contributed by atoms with E-state index in [-0.39, 0.29) is 5.97 Å². The van der Waals surface area contributed by atoms with Crippen molar-refractivity contribution in [3.05, 3.63) is 23.2 Å². The molecule has 0 spiro atoms. The summed E-state index contributed by atoms with van der Waals surface area (Å²) in [6, 6.07) is 1.95. The van der Waals surface area contributed by atoms with Crippen LogP contribution in [0.5, 0.6) is 0 Å². The van der Waals surface area contributed by atoms with E-state index in [2.05, 4.69) is 9.84 Å². The molecule has 1 aromatic heterocycles. The third-order valence-electron chi connectivity index (χ3n) is 1.55. The summed E-state index contributed by atoms with van der Waals surface area (Å²) in [4.78, 5) is 10.7. The number of carbonyl (C=O) groups is 1. The molecule has 4 nitrogen and oxygen atoms in total. The predicted molar refractivity (Wildman–Crippen MR) is 55.0 cm³/mol. The van der Waals surface area contributed by atoms with E-state index in [1.54, 1.807) is 10.1 Å².